The van der Waals surface area contributed by atoms with Crippen LogP contribution in [0.25, 0.3) is 0 Å². The van der Waals surface area contributed by atoms with E-state index >= 15 is 0 Å². The van der Waals surface area contributed by atoms with Crippen LogP contribution in [0, 0.1) is 0 Å². The number of benzene rings is 2. The molecule has 22 heavy (non-hydrogen) atoms. The predicted molar refractivity (Wildman–Crippen MR) is 102 cm³/mol. The second-order valence-corrected chi connectivity index (χ2v) is 9.93. The highest BCUT2D eigenvalue weighted by molar-refractivity contribution is 6.73. The van der Waals surface area contributed by atoms with E-state index in [1.54, 1.807) is 0 Å². The van der Waals surface area contributed by atoms with Gasteiger partial charge in [0.1, 0.15) is 0 Å². The first kappa shape index (κ1) is 17.8. The van der Waals surface area contributed by atoms with Crippen molar-refractivity contribution in [3.63, 3.8) is 0 Å². The summed E-state index contributed by atoms with van der Waals surface area (Å²) >= 11 is 12.0. The SMILES string of the molecule is CCCCCC([Si]c1ccc(Cl)cc1)[Si]c1ccc(Cl)cc1. The molecule has 4 heteroatoms. The van der Waals surface area contributed by atoms with Gasteiger partial charge in [0.2, 0.25) is 0 Å². The Balaban J connectivity index is 2.01. The first-order valence-corrected chi connectivity index (χ1v) is 10.6. The Labute approximate surface area is 148 Å². The van der Waals surface area contributed by atoms with E-state index < -0.39 is 0 Å². The van der Waals surface area contributed by atoms with Gasteiger partial charge < -0.3 is 0 Å². The summed E-state index contributed by atoms with van der Waals surface area (Å²) in [5.74, 6) is 0. The maximum Gasteiger partial charge on any atom is 0.0811 e. The quantitative estimate of drug-likeness (QED) is 0.472. The van der Waals surface area contributed by atoms with Crippen LogP contribution in [0.1, 0.15) is 32.6 Å². The van der Waals surface area contributed by atoms with E-state index in [0.717, 1.165) is 34.2 Å². The molecule has 0 saturated carbocycles. The molecule has 0 aromatic heterocycles. The van der Waals surface area contributed by atoms with Crippen LogP contribution >= 0.6 is 23.2 Å². The fraction of sp³-hybridized carbons (Fsp3) is 0.333. The van der Waals surface area contributed by atoms with Gasteiger partial charge in [-0.05, 0) is 29.4 Å². The van der Waals surface area contributed by atoms with E-state index in [-0.39, 0.29) is 0 Å². The van der Waals surface area contributed by atoms with Crippen molar-refractivity contribution in [3.05, 3.63) is 58.6 Å². The number of rotatable bonds is 8. The van der Waals surface area contributed by atoms with Gasteiger partial charge in [-0.2, -0.15) is 0 Å². The lowest BCUT2D eigenvalue weighted by Gasteiger charge is -2.15. The summed E-state index contributed by atoms with van der Waals surface area (Å²) in [5, 5.41) is 5.18. The molecule has 0 N–H and O–H groups in total. The molecule has 4 radical (unpaired) electrons. The smallest absolute Gasteiger partial charge is 0.0811 e. The third-order valence-corrected chi connectivity index (χ3v) is 7.44. The lowest BCUT2D eigenvalue weighted by Crippen LogP contribution is -2.29. The van der Waals surface area contributed by atoms with Crippen LogP contribution in [0.15, 0.2) is 48.5 Å². The fourth-order valence-corrected chi connectivity index (χ4v) is 6.03. The molecule has 114 valence electrons. The average molecular weight is 363 g/mol. The van der Waals surface area contributed by atoms with Crippen LogP contribution in [-0.4, -0.2) is 19.0 Å². The molecule has 0 spiro atoms. The Kier molecular flexibility index (Phi) is 7.74. The van der Waals surface area contributed by atoms with Gasteiger partial charge in [0.25, 0.3) is 0 Å². The second-order valence-electron chi connectivity index (χ2n) is 5.35. The summed E-state index contributed by atoms with van der Waals surface area (Å²) < 4.78 is 0. The molecule has 0 unspecified atom stereocenters. The maximum absolute atomic E-state index is 5.99. The molecular formula is C18H20Cl2Si2. The summed E-state index contributed by atoms with van der Waals surface area (Å²) in [4.78, 5) is 0. The van der Waals surface area contributed by atoms with Crippen LogP contribution < -0.4 is 10.4 Å². The largest absolute Gasteiger partial charge is 0.0843 e. The minimum absolute atomic E-state index is 0.730. The van der Waals surface area contributed by atoms with Gasteiger partial charge in [-0.1, -0.05) is 90.4 Å². The third kappa shape index (κ3) is 6.29. The van der Waals surface area contributed by atoms with Crippen LogP contribution in [0.5, 0.6) is 0 Å². The molecule has 2 aromatic rings. The summed E-state index contributed by atoms with van der Waals surface area (Å²) in [6, 6.07) is 16.7. The van der Waals surface area contributed by atoms with Crippen LogP contribution in [-0.2, 0) is 0 Å². The zero-order valence-corrected chi connectivity index (χ0v) is 16.3. The minimum Gasteiger partial charge on any atom is -0.0843 e. The minimum atomic E-state index is 0.730. The lowest BCUT2D eigenvalue weighted by atomic mass is 10.2. The first-order valence-electron chi connectivity index (χ1n) is 7.71. The van der Waals surface area contributed by atoms with Crippen LogP contribution in [0.3, 0.4) is 0 Å². The topological polar surface area (TPSA) is 0 Å². The van der Waals surface area contributed by atoms with Gasteiger partial charge >= 0.3 is 0 Å². The Hall–Kier alpha value is -0.546. The Morgan fingerprint density at radius 2 is 1.23 bits per heavy atom. The number of halogens is 2. The molecule has 0 fully saturated rings. The summed E-state index contributed by atoms with van der Waals surface area (Å²) in [6.07, 6.45) is 5.23. The van der Waals surface area contributed by atoms with Gasteiger partial charge in [-0.3, -0.25) is 0 Å². The molecule has 0 bridgehead atoms. The average Bonchev–Trinajstić information content (AvgIpc) is 2.52. The van der Waals surface area contributed by atoms with Gasteiger partial charge in [0, 0.05) is 10.0 Å². The van der Waals surface area contributed by atoms with Crippen molar-refractivity contribution in [2.24, 2.45) is 0 Å². The standard InChI is InChI=1S/C18H20Cl2Si2/c1-2-3-4-5-18(21-16-10-6-14(19)7-11-16)22-17-12-8-15(20)9-13-17/h6-13,18H,2-5H2,1H3. The van der Waals surface area contributed by atoms with Gasteiger partial charge in [-0.15, -0.1) is 0 Å². The van der Waals surface area contributed by atoms with E-state index in [0.29, 0.717) is 0 Å². The Morgan fingerprint density at radius 3 is 1.64 bits per heavy atom. The van der Waals surface area contributed by atoms with Crippen LogP contribution in [0.4, 0.5) is 0 Å². The lowest BCUT2D eigenvalue weighted by molar-refractivity contribution is 0.687. The number of hydrogen-bond donors (Lipinski definition) is 0. The number of unbranched alkanes of at least 4 members (excludes halogenated alkanes) is 2. The van der Waals surface area contributed by atoms with E-state index in [1.807, 2.05) is 24.3 Å². The third-order valence-electron chi connectivity index (χ3n) is 3.47. The van der Waals surface area contributed by atoms with Crippen molar-refractivity contribution in [2.75, 3.05) is 0 Å². The summed E-state index contributed by atoms with van der Waals surface area (Å²) in [7, 11) is 1.69. The predicted octanol–water partition coefficient (Wildman–Crippen LogP) is 4.68. The molecule has 0 heterocycles. The Morgan fingerprint density at radius 1 is 0.773 bits per heavy atom. The molecular weight excluding hydrogens is 343 g/mol. The Bertz CT molecular complexity index is 505. The molecule has 2 rings (SSSR count). The van der Waals surface area contributed by atoms with Crippen molar-refractivity contribution >= 4 is 52.6 Å². The summed E-state index contributed by atoms with van der Waals surface area (Å²) in [5.41, 5.74) is 0. The zero-order valence-electron chi connectivity index (χ0n) is 12.8. The van der Waals surface area contributed by atoms with Crippen molar-refractivity contribution < 1.29 is 0 Å². The van der Waals surface area contributed by atoms with E-state index in [9.17, 15) is 0 Å². The fourth-order valence-electron chi connectivity index (χ4n) is 2.27. The van der Waals surface area contributed by atoms with E-state index in [4.69, 9.17) is 23.2 Å². The first-order chi connectivity index (χ1) is 10.7. The molecule has 0 aliphatic rings. The van der Waals surface area contributed by atoms with Crippen molar-refractivity contribution in [1.29, 1.82) is 0 Å². The zero-order chi connectivity index (χ0) is 15.8. The van der Waals surface area contributed by atoms with Crippen LogP contribution in [0.2, 0.25) is 15.2 Å². The molecule has 0 amide bonds. The van der Waals surface area contributed by atoms with Crippen molar-refractivity contribution in [3.8, 4) is 0 Å². The highest BCUT2D eigenvalue weighted by Crippen LogP contribution is 2.15. The molecule has 0 nitrogen and oxygen atoms in total. The highest BCUT2D eigenvalue weighted by atomic mass is 35.5. The van der Waals surface area contributed by atoms with Gasteiger partial charge in [-0.25, -0.2) is 0 Å². The number of hydrogen-bond acceptors (Lipinski definition) is 0. The molecule has 0 aliphatic carbocycles. The maximum atomic E-state index is 5.99. The summed E-state index contributed by atoms with van der Waals surface area (Å²) in [6.45, 7) is 2.26. The normalized spacial score (nSPS) is 11.1. The molecule has 0 atom stereocenters. The van der Waals surface area contributed by atoms with E-state index in [1.165, 1.54) is 36.1 Å². The van der Waals surface area contributed by atoms with Crippen molar-refractivity contribution in [1.82, 2.24) is 0 Å². The van der Waals surface area contributed by atoms with Crippen molar-refractivity contribution in [2.45, 2.75) is 37.8 Å². The molecule has 2 aromatic carbocycles. The second kappa shape index (κ2) is 9.56. The molecule has 0 saturated heterocycles. The highest BCUT2D eigenvalue weighted by Gasteiger charge is 2.13. The van der Waals surface area contributed by atoms with E-state index in [2.05, 4.69) is 31.2 Å². The van der Waals surface area contributed by atoms with Gasteiger partial charge in [0.15, 0.2) is 0 Å². The molecule has 0 aliphatic heterocycles. The monoisotopic (exact) mass is 362 g/mol. The van der Waals surface area contributed by atoms with Gasteiger partial charge in [0.05, 0.1) is 19.0 Å².